The number of nitrogens with one attached hydrogen (secondary N) is 2. The molecular weight excluding hydrogens is 312 g/mol. The number of anilines is 2. The van der Waals surface area contributed by atoms with E-state index in [1.807, 2.05) is 13.0 Å². The van der Waals surface area contributed by atoms with Crippen LogP contribution < -0.4 is 10.6 Å². The lowest BCUT2D eigenvalue weighted by Gasteiger charge is -2.15. The van der Waals surface area contributed by atoms with Gasteiger partial charge in [0.05, 0.1) is 0 Å². The molecule has 3 N–H and O–H groups in total. The second kappa shape index (κ2) is 6.60. The van der Waals surface area contributed by atoms with E-state index in [0.29, 0.717) is 24.2 Å². The van der Waals surface area contributed by atoms with Crippen molar-refractivity contribution in [2.75, 3.05) is 10.6 Å². The molecule has 1 aromatic rings. The highest BCUT2D eigenvalue weighted by Gasteiger charge is 2.35. The normalized spacial score (nSPS) is 22.9. The fraction of sp³-hybridized carbons (Fsp3) is 0.471. The quantitative estimate of drug-likeness (QED) is 0.764. The van der Waals surface area contributed by atoms with Crippen LogP contribution in [0.2, 0.25) is 0 Å². The minimum absolute atomic E-state index is 0.000411. The van der Waals surface area contributed by atoms with E-state index in [1.54, 1.807) is 12.1 Å². The molecule has 7 heteroatoms. The Labute approximate surface area is 139 Å². The molecule has 0 spiro atoms. The summed E-state index contributed by atoms with van der Waals surface area (Å²) in [6.07, 6.45) is 0.848. The first-order valence-electron chi connectivity index (χ1n) is 8.04. The van der Waals surface area contributed by atoms with Crippen molar-refractivity contribution in [1.82, 2.24) is 0 Å². The second-order valence-corrected chi connectivity index (χ2v) is 6.31. The summed E-state index contributed by atoms with van der Waals surface area (Å²) in [5, 5.41) is 14.5. The third kappa shape index (κ3) is 3.73. The lowest BCUT2D eigenvalue weighted by molar-refractivity contribution is -0.150. The molecule has 1 aliphatic carbocycles. The van der Waals surface area contributed by atoms with Crippen LogP contribution in [0.4, 0.5) is 11.4 Å². The maximum Gasteiger partial charge on any atom is 0.332 e. The molecule has 1 aromatic carbocycles. The zero-order valence-corrected chi connectivity index (χ0v) is 13.4. The van der Waals surface area contributed by atoms with E-state index >= 15 is 0 Å². The Bertz CT molecular complexity index is 684. The van der Waals surface area contributed by atoms with E-state index in [2.05, 4.69) is 10.6 Å². The molecule has 0 radical (unpaired) electrons. The molecule has 0 unspecified atom stereocenters. The monoisotopic (exact) mass is 332 g/mol. The molecule has 0 aromatic heterocycles. The number of carbonyl (C=O) groups excluding carboxylic acids is 2. The van der Waals surface area contributed by atoms with Crippen LogP contribution >= 0.6 is 0 Å². The van der Waals surface area contributed by atoms with Crippen LogP contribution in [0.1, 0.15) is 31.2 Å². The first-order valence-corrected chi connectivity index (χ1v) is 8.04. The van der Waals surface area contributed by atoms with Crippen LogP contribution in [0.3, 0.4) is 0 Å². The predicted molar refractivity (Wildman–Crippen MR) is 86.7 cm³/mol. The lowest BCUT2D eigenvalue weighted by atomic mass is 10.1. The highest BCUT2D eigenvalue weighted by atomic mass is 16.5. The van der Waals surface area contributed by atoms with Gasteiger partial charge in [-0.2, -0.15) is 0 Å². The summed E-state index contributed by atoms with van der Waals surface area (Å²) in [6.45, 7) is 1.84. The molecule has 1 heterocycles. The largest absolute Gasteiger partial charge is 0.479 e. The first kappa shape index (κ1) is 16.4. The second-order valence-electron chi connectivity index (χ2n) is 6.31. The number of hydrogen-bond acceptors (Lipinski definition) is 4. The zero-order valence-electron chi connectivity index (χ0n) is 13.4. The summed E-state index contributed by atoms with van der Waals surface area (Å²) in [5.74, 6) is -1.32. The lowest BCUT2D eigenvalue weighted by Crippen LogP contribution is -2.30. The number of benzene rings is 1. The summed E-state index contributed by atoms with van der Waals surface area (Å²) in [6, 6.07) is 5.31. The predicted octanol–water partition coefficient (Wildman–Crippen LogP) is 1.91. The smallest absolute Gasteiger partial charge is 0.332 e. The van der Waals surface area contributed by atoms with Crippen molar-refractivity contribution in [3.63, 3.8) is 0 Å². The molecule has 0 bridgehead atoms. The molecule has 7 nitrogen and oxygen atoms in total. The van der Waals surface area contributed by atoms with Gasteiger partial charge in [0, 0.05) is 17.3 Å². The molecule has 2 atom stereocenters. The molecule has 128 valence electrons. The number of hydrogen-bond donors (Lipinski definition) is 3. The number of carbonyl (C=O) groups is 3. The van der Waals surface area contributed by atoms with Crippen molar-refractivity contribution in [1.29, 1.82) is 0 Å². The van der Waals surface area contributed by atoms with Gasteiger partial charge in [0.2, 0.25) is 5.91 Å². The first-order chi connectivity index (χ1) is 11.4. The topological polar surface area (TPSA) is 105 Å². The molecule has 2 aliphatic rings. The number of carboxylic acid groups (broad SMARTS) is 1. The average molecular weight is 332 g/mol. The fourth-order valence-electron chi connectivity index (χ4n) is 2.65. The van der Waals surface area contributed by atoms with Crippen molar-refractivity contribution in [3.8, 4) is 0 Å². The number of carboxylic acids is 1. The van der Waals surface area contributed by atoms with Crippen LogP contribution in [0, 0.1) is 12.8 Å². The van der Waals surface area contributed by atoms with Crippen molar-refractivity contribution in [2.45, 2.75) is 44.8 Å². The van der Waals surface area contributed by atoms with Crippen LogP contribution in [0.5, 0.6) is 0 Å². The summed E-state index contributed by atoms with van der Waals surface area (Å²) in [7, 11) is 0. The Morgan fingerprint density at radius 2 is 1.75 bits per heavy atom. The van der Waals surface area contributed by atoms with E-state index in [0.717, 1.165) is 18.4 Å². The van der Waals surface area contributed by atoms with Gasteiger partial charge in [-0.3, -0.25) is 9.59 Å². The third-order valence-electron chi connectivity index (χ3n) is 4.30. The van der Waals surface area contributed by atoms with E-state index in [9.17, 15) is 14.4 Å². The van der Waals surface area contributed by atoms with Gasteiger partial charge in [-0.15, -0.1) is 0 Å². The van der Waals surface area contributed by atoms with Gasteiger partial charge in [-0.25, -0.2) is 4.79 Å². The fourth-order valence-corrected chi connectivity index (χ4v) is 2.65. The standard InChI is InChI=1S/C17H20N2O5/c1-9-2-5-11(18-15(20)10-3-4-10)8-12(9)19-16(21)13-6-7-14(24-13)17(22)23/h2,5,8,10,13-14H,3-4,6-7H2,1H3,(H,18,20)(H,19,21)(H,22,23)/t13-,14+/m0/s1. The number of aryl methyl sites for hydroxylation is 1. The van der Waals surface area contributed by atoms with Gasteiger partial charge in [0.1, 0.15) is 6.10 Å². The minimum atomic E-state index is -1.05. The van der Waals surface area contributed by atoms with Crippen LogP contribution in [0.15, 0.2) is 18.2 Å². The summed E-state index contributed by atoms with van der Waals surface area (Å²) >= 11 is 0. The minimum Gasteiger partial charge on any atom is -0.479 e. The molecule has 1 aliphatic heterocycles. The Morgan fingerprint density at radius 1 is 1.04 bits per heavy atom. The van der Waals surface area contributed by atoms with Gasteiger partial charge in [-0.05, 0) is 50.3 Å². The van der Waals surface area contributed by atoms with Gasteiger partial charge >= 0.3 is 5.97 Å². The number of aliphatic carboxylic acids is 1. The molecule has 2 amide bonds. The molecular formula is C17H20N2O5. The third-order valence-corrected chi connectivity index (χ3v) is 4.30. The molecule has 3 rings (SSSR count). The maximum atomic E-state index is 12.3. The van der Waals surface area contributed by atoms with E-state index in [1.165, 1.54) is 0 Å². The van der Waals surface area contributed by atoms with Gasteiger partial charge in [0.15, 0.2) is 6.10 Å². The van der Waals surface area contributed by atoms with Crippen LogP contribution in [-0.2, 0) is 19.1 Å². The van der Waals surface area contributed by atoms with Gasteiger partial charge < -0.3 is 20.5 Å². The maximum absolute atomic E-state index is 12.3. The Kier molecular flexibility index (Phi) is 4.53. The van der Waals surface area contributed by atoms with E-state index < -0.39 is 18.2 Å². The molecule has 24 heavy (non-hydrogen) atoms. The summed E-state index contributed by atoms with van der Waals surface area (Å²) in [4.78, 5) is 35.0. The molecule has 1 saturated carbocycles. The molecule has 2 fully saturated rings. The highest BCUT2D eigenvalue weighted by Crippen LogP contribution is 2.31. The van der Waals surface area contributed by atoms with Crippen molar-refractivity contribution >= 4 is 29.2 Å². The number of rotatable bonds is 5. The van der Waals surface area contributed by atoms with Crippen molar-refractivity contribution < 1.29 is 24.2 Å². The van der Waals surface area contributed by atoms with Gasteiger partial charge in [-0.1, -0.05) is 6.07 Å². The zero-order chi connectivity index (χ0) is 17.3. The number of ether oxygens (including phenoxy) is 1. The van der Waals surface area contributed by atoms with E-state index in [4.69, 9.17) is 9.84 Å². The Hall–Kier alpha value is -2.41. The SMILES string of the molecule is Cc1ccc(NC(=O)C2CC2)cc1NC(=O)[C@@H]1CC[C@H](C(=O)O)O1. The van der Waals surface area contributed by atoms with Gasteiger partial charge in [0.25, 0.3) is 5.91 Å². The van der Waals surface area contributed by atoms with Crippen LogP contribution in [0.25, 0.3) is 0 Å². The van der Waals surface area contributed by atoms with Crippen molar-refractivity contribution in [3.05, 3.63) is 23.8 Å². The van der Waals surface area contributed by atoms with Crippen molar-refractivity contribution in [2.24, 2.45) is 5.92 Å². The highest BCUT2D eigenvalue weighted by molar-refractivity contribution is 5.98. The summed E-state index contributed by atoms with van der Waals surface area (Å²) < 4.78 is 5.25. The molecule has 1 saturated heterocycles. The number of amides is 2. The van der Waals surface area contributed by atoms with Crippen LogP contribution in [-0.4, -0.2) is 35.1 Å². The Morgan fingerprint density at radius 3 is 2.38 bits per heavy atom. The summed E-state index contributed by atoms with van der Waals surface area (Å²) in [5.41, 5.74) is 2.06. The average Bonchev–Trinajstić information content (AvgIpc) is 3.27. The Balaban J connectivity index is 1.64. The van der Waals surface area contributed by atoms with E-state index in [-0.39, 0.29) is 17.7 Å².